The number of pyridine rings is 1. The number of hydrogen-bond donors (Lipinski definition) is 2. The summed E-state index contributed by atoms with van der Waals surface area (Å²) in [6.07, 6.45) is 5.43. The molecule has 26 heavy (non-hydrogen) atoms. The average molecular weight is 370 g/mol. The maximum Gasteiger partial charge on any atom is 0.288 e. The Bertz CT molecular complexity index is 961. The largest absolute Gasteiger partial charge is 0.394 e. The summed E-state index contributed by atoms with van der Waals surface area (Å²) in [6, 6.07) is 13.1. The molecule has 1 aliphatic carbocycles. The van der Waals surface area contributed by atoms with Crippen molar-refractivity contribution < 1.29 is 9.90 Å². The van der Waals surface area contributed by atoms with E-state index in [0.29, 0.717) is 16.5 Å². The van der Waals surface area contributed by atoms with Gasteiger partial charge in [0.25, 0.3) is 5.91 Å². The summed E-state index contributed by atoms with van der Waals surface area (Å²) in [7, 11) is 0. The fourth-order valence-corrected chi connectivity index (χ4v) is 3.91. The highest BCUT2D eigenvalue weighted by Gasteiger charge is 2.36. The lowest BCUT2D eigenvalue weighted by atomic mass is 9.99. The zero-order chi connectivity index (χ0) is 18.1. The molecule has 0 atom stereocenters. The number of carbonyl (C=O) groups excluding carboxylic acids is 1. The molecule has 1 fully saturated rings. The van der Waals surface area contributed by atoms with Crippen molar-refractivity contribution in [2.45, 2.75) is 31.2 Å². The smallest absolute Gasteiger partial charge is 0.288 e. The molecule has 0 aliphatic heterocycles. The van der Waals surface area contributed by atoms with Gasteiger partial charge in [0, 0.05) is 16.8 Å². The second kappa shape index (κ2) is 6.74. The highest BCUT2D eigenvalue weighted by molar-refractivity contribution is 6.30. The first kappa shape index (κ1) is 17.1. The van der Waals surface area contributed by atoms with Crippen LogP contribution in [0.1, 0.15) is 36.3 Å². The summed E-state index contributed by atoms with van der Waals surface area (Å²) < 4.78 is 1.78. The first-order valence-corrected chi connectivity index (χ1v) is 9.16. The maximum atomic E-state index is 13.0. The number of aliphatic hydroxyl groups excluding tert-OH is 1. The third-order valence-electron chi connectivity index (χ3n) is 5.09. The van der Waals surface area contributed by atoms with Crippen molar-refractivity contribution in [3.05, 3.63) is 59.5 Å². The number of halogens is 1. The van der Waals surface area contributed by atoms with Crippen molar-refractivity contribution in [2.75, 3.05) is 6.61 Å². The standard InChI is InChI=1S/C20H20ClN3O2/c21-15-7-5-6-14(12-15)17-16-8-1-4-11-24(16)18(22-17)19(26)23-20(13-25)9-2-3-10-20/h1,4-8,11-12,25H,2-3,9-10,13H2,(H,23,26). The van der Waals surface area contributed by atoms with Gasteiger partial charge in [0.15, 0.2) is 0 Å². The van der Waals surface area contributed by atoms with Gasteiger partial charge in [-0.3, -0.25) is 9.20 Å². The average Bonchev–Trinajstić information content (AvgIpc) is 3.27. The van der Waals surface area contributed by atoms with Crippen LogP contribution in [0.4, 0.5) is 0 Å². The molecule has 0 spiro atoms. The number of fused-ring (bicyclic) bond motifs is 1. The summed E-state index contributed by atoms with van der Waals surface area (Å²) in [6.45, 7) is -0.0524. The van der Waals surface area contributed by atoms with Gasteiger partial charge in [-0.25, -0.2) is 4.98 Å². The molecule has 1 amide bonds. The van der Waals surface area contributed by atoms with Gasteiger partial charge >= 0.3 is 0 Å². The summed E-state index contributed by atoms with van der Waals surface area (Å²) in [5, 5.41) is 13.4. The third kappa shape index (κ3) is 2.97. The van der Waals surface area contributed by atoms with E-state index in [4.69, 9.17) is 11.6 Å². The second-order valence-corrected chi connectivity index (χ2v) is 7.29. The summed E-state index contributed by atoms with van der Waals surface area (Å²) >= 11 is 6.12. The molecule has 6 heteroatoms. The van der Waals surface area contributed by atoms with Gasteiger partial charge < -0.3 is 10.4 Å². The molecule has 0 radical (unpaired) electrons. The van der Waals surface area contributed by atoms with Crippen LogP contribution in [0.25, 0.3) is 16.8 Å². The number of nitrogens with zero attached hydrogens (tertiary/aromatic N) is 2. The van der Waals surface area contributed by atoms with Crippen LogP contribution in [0.3, 0.4) is 0 Å². The number of imidazole rings is 1. The molecule has 0 saturated heterocycles. The lowest BCUT2D eigenvalue weighted by Crippen LogP contribution is -2.49. The maximum absolute atomic E-state index is 13.0. The number of carbonyl (C=O) groups is 1. The molecule has 134 valence electrons. The minimum Gasteiger partial charge on any atom is -0.394 e. The van der Waals surface area contributed by atoms with Crippen LogP contribution < -0.4 is 5.32 Å². The van der Waals surface area contributed by atoms with E-state index in [1.807, 2.05) is 48.7 Å². The summed E-state index contributed by atoms with van der Waals surface area (Å²) in [5.74, 6) is 0.0470. The molecular formula is C20H20ClN3O2. The summed E-state index contributed by atoms with van der Waals surface area (Å²) in [4.78, 5) is 17.6. The molecule has 5 nitrogen and oxygen atoms in total. The van der Waals surface area contributed by atoms with Gasteiger partial charge in [0.1, 0.15) is 0 Å². The van der Waals surface area contributed by atoms with E-state index >= 15 is 0 Å². The molecular weight excluding hydrogens is 350 g/mol. The van der Waals surface area contributed by atoms with Gasteiger partial charge in [0.05, 0.1) is 23.4 Å². The Kier molecular flexibility index (Phi) is 4.42. The molecule has 4 rings (SSSR count). The van der Waals surface area contributed by atoms with Crippen LogP contribution in [0.15, 0.2) is 48.7 Å². The molecule has 2 heterocycles. The van der Waals surface area contributed by atoms with Crippen LogP contribution in [0, 0.1) is 0 Å². The van der Waals surface area contributed by atoms with Gasteiger partial charge in [0.2, 0.25) is 5.82 Å². The third-order valence-corrected chi connectivity index (χ3v) is 5.33. The number of nitrogens with one attached hydrogen (secondary N) is 1. The Balaban J connectivity index is 1.77. The first-order valence-electron chi connectivity index (χ1n) is 8.78. The molecule has 1 saturated carbocycles. The Labute approximate surface area is 156 Å². The second-order valence-electron chi connectivity index (χ2n) is 6.85. The lowest BCUT2D eigenvalue weighted by molar-refractivity contribution is 0.0827. The SMILES string of the molecule is O=C(NC1(CO)CCCC1)c1nc(-c2cccc(Cl)c2)c2ccccn12. The van der Waals surface area contributed by atoms with E-state index in [1.54, 1.807) is 4.40 Å². The van der Waals surface area contributed by atoms with E-state index in [2.05, 4.69) is 10.3 Å². The molecule has 1 aliphatic rings. The zero-order valence-electron chi connectivity index (χ0n) is 14.3. The number of amides is 1. The predicted octanol–water partition coefficient (Wildman–Crippen LogP) is 3.69. The van der Waals surface area contributed by atoms with Crippen LogP contribution in [-0.2, 0) is 0 Å². The quantitative estimate of drug-likeness (QED) is 0.737. The van der Waals surface area contributed by atoms with Gasteiger partial charge in [-0.15, -0.1) is 0 Å². The van der Waals surface area contributed by atoms with E-state index in [0.717, 1.165) is 36.8 Å². The lowest BCUT2D eigenvalue weighted by Gasteiger charge is -2.27. The Morgan fingerprint density at radius 2 is 2.04 bits per heavy atom. The number of aromatic nitrogens is 2. The van der Waals surface area contributed by atoms with E-state index < -0.39 is 5.54 Å². The van der Waals surface area contributed by atoms with Crippen LogP contribution >= 0.6 is 11.6 Å². The van der Waals surface area contributed by atoms with Crippen molar-refractivity contribution in [3.8, 4) is 11.3 Å². The zero-order valence-corrected chi connectivity index (χ0v) is 15.0. The molecule has 3 aromatic rings. The van der Waals surface area contributed by atoms with Crippen molar-refractivity contribution in [1.29, 1.82) is 0 Å². The fraction of sp³-hybridized carbons (Fsp3) is 0.300. The number of hydrogen-bond acceptors (Lipinski definition) is 3. The summed E-state index contributed by atoms with van der Waals surface area (Å²) in [5.41, 5.74) is 1.87. The van der Waals surface area contributed by atoms with Crippen LogP contribution in [0.5, 0.6) is 0 Å². The van der Waals surface area contributed by atoms with Gasteiger partial charge in [-0.1, -0.05) is 42.6 Å². The molecule has 1 aromatic carbocycles. The Hall–Kier alpha value is -2.37. The van der Waals surface area contributed by atoms with Crippen molar-refractivity contribution in [2.24, 2.45) is 0 Å². The van der Waals surface area contributed by atoms with E-state index in [1.165, 1.54) is 0 Å². The molecule has 2 N–H and O–H groups in total. The minimum atomic E-state index is -0.534. The van der Waals surface area contributed by atoms with E-state index in [-0.39, 0.29) is 12.5 Å². The van der Waals surface area contributed by atoms with E-state index in [9.17, 15) is 9.90 Å². The fourth-order valence-electron chi connectivity index (χ4n) is 3.72. The Morgan fingerprint density at radius 1 is 1.23 bits per heavy atom. The van der Waals surface area contributed by atoms with Crippen molar-refractivity contribution in [3.63, 3.8) is 0 Å². The first-order chi connectivity index (χ1) is 12.6. The molecule has 0 unspecified atom stereocenters. The highest BCUT2D eigenvalue weighted by Crippen LogP contribution is 2.30. The van der Waals surface area contributed by atoms with Crippen LogP contribution in [0.2, 0.25) is 5.02 Å². The minimum absolute atomic E-state index is 0.0524. The van der Waals surface area contributed by atoms with Gasteiger partial charge in [-0.2, -0.15) is 0 Å². The molecule has 2 aromatic heterocycles. The van der Waals surface area contributed by atoms with Crippen molar-refractivity contribution in [1.82, 2.24) is 14.7 Å². The highest BCUT2D eigenvalue weighted by atomic mass is 35.5. The Morgan fingerprint density at radius 3 is 2.77 bits per heavy atom. The normalized spacial score (nSPS) is 16.1. The number of rotatable bonds is 4. The topological polar surface area (TPSA) is 66.6 Å². The predicted molar refractivity (Wildman–Crippen MR) is 101 cm³/mol. The van der Waals surface area contributed by atoms with Gasteiger partial charge in [-0.05, 0) is 37.1 Å². The monoisotopic (exact) mass is 369 g/mol. The molecule has 0 bridgehead atoms. The number of benzene rings is 1. The van der Waals surface area contributed by atoms with Crippen LogP contribution in [-0.4, -0.2) is 32.5 Å². The number of aliphatic hydroxyl groups is 1. The van der Waals surface area contributed by atoms with Crippen molar-refractivity contribution >= 4 is 23.0 Å².